The summed E-state index contributed by atoms with van der Waals surface area (Å²) in [6, 6.07) is 3.63. The van der Waals surface area contributed by atoms with E-state index >= 15 is 0 Å². The number of nitrogens with one attached hydrogen (secondary N) is 2. The first-order valence-electron chi connectivity index (χ1n) is 9.71. The van der Waals surface area contributed by atoms with Crippen LogP contribution in [0.3, 0.4) is 0 Å². The Morgan fingerprint density at radius 3 is 2.33 bits per heavy atom. The maximum atomic E-state index is 14.5. The van der Waals surface area contributed by atoms with Gasteiger partial charge < -0.3 is 19.6 Å². The normalized spacial score (nSPS) is 18.0. The van der Waals surface area contributed by atoms with Crippen molar-refractivity contribution < 1.29 is 31.5 Å². The second kappa shape index (κ2) is 7.41. The van der Waals surface area contributed by atoms with Crippen molar-refractivity contribution in [2.24, 2.45) is 0 Å². The highest BCUT2D eigenvalue weighted by Gasteiger charge is 2.36. The van der Waals surface area contributed by atoms with E-state index in [-0.39, 0.29) is 45.2 Å². The molecule has 2 aromatic carbocycles. The number of H-pyrrole nitrogens is 2. The lowest BCUT2D eigenvalue weighted by Gasteiger charge is -2.34. The number of hydrogen-bond donors (Lipinski definition) is 2. The number of ether oxygens (including phenoxy) is 1. The van der Waals surface area contributed by atoms with Gasteiger partial charge in [-0.25, -0.2) is 22.0 Å². The van der Waals surface area contributed by atoms with Gasteiger partial charge in [0.05, 0.1) is 23.7 Å². The number of hydrogen-bond acceptors (Lipinski definition) is 3. The molecular formula is C22H14F5N3O3. The molecule has 0 saturated heterocycles. The van der Waals surface area contributed by atoms with Crippen LogP contribution >= 0.6 is 0 Å². The number of pyridine rings is 1. The molecule has 0 spiro atoms. The molecule has 6 nitrogen and oxygen atoms in total. The van der Waals surface area contributed by atoms with E-state index in [1.54, 1.807) is 0 Å². The first-order valence-corrected chi connectivity index (χ1v) is 9.71. The Morgan fingerprint density at radius 1 is 0.970 bits per heavy atom. The number of alkyl halides is 1. The average Bonchev–Trinajstić information content (AvgIpc) is 3.18. The van der Waals surface area contributed by atoms with Gasteiger partial charge in [0, 0.05) is 29.6 Å². The van der Waals surface area contributed by atoms with Crippen molar-refractivity contribution in [2.45, 2.75) is 12.4 Å². The van der Waals surface area contributed by atoms with Crippen molar-refractivity contribution in [3.8, 4) is 0 Å². The van der Waals surface area contributed by atoms with E-state index in [2.05, 4.69) is 9.97 Å². The van der Waals surface area contributed by atoms with Crippen molar-refractivity contribution in [3.05, 3.63) is 80.9 Å². The van der Waals surface area contributed by atoms with Crippen LogP contribution in [0.15, 0.2) is 35.1 Å². The van der Waals surface area contributed by atoms with E-state index in [1.807, 2.05) is 0 Å². The smallest absolute Gasteiger partial charge is 0.270 e. The van der Waals surface area contributed by atoms with Crippen LogP contribution in [0.4, 0.5) is 22.0 Å². The summed E-state index contributed by atoms with van der Waals surface area (Å²) in [5.41, 5.74) is -0.931. The molecule has 0 unspecified atom stereocenters. The minimum atomic E-state index is -2.05. The lowest BCUT2D eigenvalue weighted by molar-refractivity contribution is -0.0771. The van der Waals surface area contributed by atoms with E-state index in [0.29, 0.717) is 6.07 Å². The zero-order chi connectivity index (χ0) is 23.6. The predicted molar refractivity (Wildman–Crippen MR) is 107 cm³/mol. The number of nitrogens with zero attached hydrogens (tertiary/aromatic N) is 1. The predicted octanol–water partition coefficient (Wildman–Crippen LogP) is 4.38. The Morgan fingerprint density at radius 2 is 1.61 bits per heavy atom. The lowest BCUT2D eigenvalue weighted by atomic mass is 9.95. The fourth-order valence-electron chi connectivity index (χ4n) is 4.12. The highest BCUT2D eigenvalue weighted by molar-refractivity contribution is 5.98. The summed E-state index contributed by atoms with van der Waals surface area (Å²) in [4.78, 5) is 31.6. The van der Waals surface area contributed by atoms with E-state index in [1.165, 1.54) is 13.1 Å². The van der Waals surface area contributed by atoms with Crippen LogP contribution in [0.1, 0.15) is 34.1 Å². The number of rotatable bonds is 2. The van der Waals surface area contributed by atoms with Gasteiger partial charge in [0.15, 0.2) is 23.3 Å². The number of aromatic nitrogens is 2. The van der Waals surface area contributed by atoms with Gasteiger partial charge in [0.1, 0.15) is 5.69 Å². The van der Waals surface area contributed by atoms with Crippen LogP contribution in [-0.2, 0) is 4.74 Å². The number of likely N-dealkylation sites (N-methyl/N-ethyl adjacent to an activating group) is 1. The molecule has 1 aliphatic heterocycles. The number of carbonyl (C=O) groups excluding carboxylic acids is 1. The highest BCUT2D eigenvalue weighted by atomic mass is 19.2. The van der Waals surface area contributed by atoms with Gasteiger partial charge in [-0.3, -0.25) is 9.59 Å². The molecule has 3 heterocycles. The molecule has 0 saturated carbocycles. The molecule has 1 aliphatic rings. The van der Waals surface area contributed by atoms with Gasteiger partial charge >= 0.3 is 0 Å². The summed E-state index contributed by atoms with van der Waals surface area (Å²) < 4.78 is 74.4. The molecule has 5 rings (SSSR count). The molecule has 1 amide bonds. The molecule has 11 heteroatoms. The Balaban J connectivity index is 1.63. The maximum Gasteiger partial charge on any atom is 0.270 e. The number of halogens is 5. The molecule has 0 bridgehead atoms. The minimum absolute atomic E-state index is 0.0209. The fourth-order valence-corrected chi connectivity index (χ4v) is 4.12. The largest absolute Gasteiger partial charge is 0.350 e. The number of benzene rings is 2. The monoisotopic (exact) mass is 463 g/mol. The van der Waals surface area contributed by atoms with Gasteiger partial charge in [-0.2, -0.15) is 0 Å². The summed E-state index contributed by atoms with van der Waals surface area (Å²) in [7, 11) is 1.36. The van der Waals surface area contributed by atoms with Crippen molar-refractivity contribution >= 4 is 27.6 Å². The van der Waals surface area contributed by atoms with Crippen LogP contribution in [0, 0.1) is 23.3 Å². The maximum absolute atomic E-state index is 14.5. The Labute approximate surface area is 181 Å². The van der Waals surface area contributed by atoms with E-state index in [9.17, 15) is 31.5 Å². The number of aromatic amines is 2. The third kappa shape index (κ3) is 3.27. The molecule has 0 fully saturated rings. The fraction of sp³-hybridized carbons (Fsp3) is 0.182. The minimum Gasteiger partial charge on any atom is -0.350 e. The van der Waals surface area contributed by atoms with Gasteiger partial charge in [0.25, 0.3) is 11.5 Å². The van der Waals surface area contributed by atoms with E-state index in [4.69, 9.17) is 4.74 Å². The molecule has 2 N–H and O–H groups in total. The summed E-state index contributed by atoms with van der Waals surface area (Å²) in [5, 5.41) is -0.0321. The summed E-state index contributed by atoms with van der Waals surface area (Å²) >= 11 is 0. The summed E-state index contributed by atoms with van der Waals surface area (Å²) in [5.74, 6) is -5.32. The topological polar surface area (TPSA) is 78.2 Å². The first kappa shape index (κ1) is 21.1. The standard InChI is InChI=1S/C22H14F5N3O3/c1-30(22(32)16-3-8-2-11(23)14(26)6-15(8)28-16)17-7-33-20(27)19-18(17)9-4-12(24)13(25)5-10(9)21(31)29-19/h2-6,17,20,28H,7H2,1H3,(H,29,31)/t17-,20-/m0/s1. The molecule has 0 aliphatic carbocycles. The zero-order valence-electron chi connectivity index (χ0n) is 16.8. The third-order valence-electron chi connectivity index (χ3n) is 5.77. The Hall–Kier alpha value is -3.73. The van der Waals surface area contributed by atoms with Crippen molar-refractivity contribution in [2.75, 3.05) is 13.7 Å². The van der Waals surface area contributed by atoms with Crippen molar-refractivity contribution in [1.82, 2.24) is 14.9 Å². The molecule has 0 radical (unpaired) electrons. The van der Waals surface area contributed by atoms with Crippen molar-refractivity contribution in [3.63, 3.8) is 0 Å². The van der Waals surface area contributed by atoms with Gasteiger partial charge in [0.2, 0.25) is 6.36 Å². The van der Waals surface area contributed by atoms with Crippen LogP contribution in [-0.4, -0.2) is 34.4 Å². The quantitative estimate of drug-likeness (QED) is 0.434. The highest BCUT2D eigenvalue weighted by Crippen LogP contribution is 2.39. The molecule has 2 atom stereocenters. The average molecular weight is 463 g/mol. The third-order valence-corrected chi connectivity index (χ3v) is 5.77. The first-order chi connectivity index (χ1) is 15.7. The van der Waals surface area contributed by atoms with Gasteiger partial charge in [-0.15, -0.1) is 0 Å². The van der Waals surface area contributed by atoms with Gasteiger partial charge in [-0.05, 0) is 29.7 Å². The van der Waals surface area contributed by atoms with E-state index < -0.39 is 47.1 Å². The number of carbonyl (C=O) groups is 1. The molecule has 33 heavy (non-hydrogen) atoms. The van der Waals surface area contributed by atoms with Crippen LogP contribution in [0.25, 0.3) is 21.7 Å². The summed E-state index contributed by atoms with van der Waals surface area (Å²) in [6.07, 6.45) is -2.05. The second-order valence-corrected chi connectivity index (χ2v) is 7.71. The number of amides is 1. The van der Waals surface area contributed by atoms with Crippen LogP contribution < -0.4 is 5.56 Å². The number of fused-ring (bicyclic) bond motifs is 4. The van der Waals surface area contributed by atoms with Gasteiger partial charge in [-0.1, -0.05) is 0 Å². The molecule has 170 valence electrons. The second-order valence-electron chi connectivity index (χ2n) is 7.71. The molecule has 4 aromatic rings. The van der Waals surface area contributed by atoms with Crippen LogP contribution in [0.2, 0.25) is 0 Å². The zero-order valence-corrected chi connectivity index (χ0v) is 16.8. The molecular weight excluding hydrogens is 449 g/mol. The Kier molecular flexibility index (Phi) is 4.74. The SMILES string of the molecule is CN(C(=O)c1cc2cc(F)c(F)cc2[nH]1)[C@H]1CO[C@H](F)c2[nH]c(=O)c3cc(F)c(F)cc3c21. The van der Waals surface area contributed by atoms with E-state index in [0.717, 1.165) is 23.1 Å². The van der Waals surface area contributed by atoms with Crippen LogP contribution in [0.5, 0.6) is 0 Å². The van der Waals surface area contributed by atoms with Crippen molar-refractivity contribution in [1.29, 1.82) is 0 Å². The molecule has 2 aromatic heterocycles. The lowest BCUT2D eigenvalue weighted by Crippen LogP contribution is -2.38. The Bertz CT molecular complexity index is 1470. The summed E-state index contributed by atoms with van der Waals surface area (Å²) in [6.45, 7) is -0.347.